The second-order valence-corrected chi connectivity index (χ2v) is 14.8. The van der Waals surface area contributed by atoms with Crippen LogP contribution in [0.15, 0.2) is 60.7 Å². The lowest BCUT2D eigenvalue weighted by molar-refractivity contribution is -0.150. The number of nitrogens with one attached hydrogen (secondary N) is 4. The summed E-state index contributed by atoms with van der Waals surface area (Å²) >= 11 is 0. The maximum atomic E-state index is 14.0. The van der Waals surface area contributed by atoms with Crippen molar-refractivity contribution in [2.45, 2.75) is 89.4 Å². The number of hydrogen-bond acceptors (Lipinski definition) is 7. The summed E-state index contributed by atoms with van der Waals surface area (Å²) in [6.07, 6.45) is 4.24. The third kappa shape index (κ3) is 11.5. The molecule has 0 aliphatic carbocycles. The molecular weight excluding hydrogens is 660 g/mol. The van der Waals surface area contributed by atoms with Crippen molar-refractivity contribution in [2.75, 3.05) is 39.8 Å². The molecule has 0 radical (unpaired) electrons. The highest BCUT2D eigenvalue weighted by molar-refractivity contribution is 5.95. The van der Waals surface area contributed by atoms with Crippen LogP contribution in [-0.2, 0) is 32.0 Å². The number of likely N-dealkylation sites (tertiary alicyclic amines) is 2. The molecule has 0 saturated carbocycles. The zero-order valence-corrected chi connectivity index (χ0v) is 30.9. The molecule has 13 nitrogen and oxygen atoms in total. The average molecular weight is 719 g/mol. The molecule has 0 aromatic heterocycles. The molecule has 6 amide bonds. The topological polar surface area (TPSA) is 192 Å². The van der Waals surface area contributed by atoms with Gasteiger partial charge in [-0.3, -0.25) is 19.2 Å². The van der Waals surface area contributed by atoms with Crippen molar-refractivity contribution in [3.63, 3.8) is 0 Å². The van der Waals surface area contributed by atoms with Crippen molar-refractivity contribution in [3.8, 4) is 0 Å². The lowest BCUT2D eigenvalue weighted by atomic mass is 9.71. The first kappa shape index (κ1) is 40.3. The van der Waals surface area contributed by atoms with Gasteiger partial charge in [-0.2, -0.15) is 0 Å². The normalized spacial score (nSPS) is 17.3. The Balaban J connectivity index is 1.44. The fourth-order valence-corrected chi connectivity index (χ4v) is 7.09. The van der Waals surface area contributed by atoms with Gasteiger partial charge in [-0.25, -0.2) is 4.79 Å². The van der Waals surface area contributed by atoms with Gasteiger partial charge in [0.15, 0.2) is 0 Å². The van der Waals surface area contributed by atoms with E-state index in [4.69, 9.17) is 11.5 Å². The summed E-state index contributed by atoms with van der Waals surface area (Å²) in [5, 5.41) is 11.4. The number of unbranched alkanes of at least 4 members (excludes halogenated alkanes) is 1. The Morgan fingerprint density at radius 1 is 0.731 bits per heavy atom. The van der Waals surface area contributed by atoms with E-state index in [-0.39, 0.29) is 29.7 Å². The zero-order chi connectivity index (χ0) is 37.7. The van der Waals surface area contributed by atoms with Crippen molar-refractivity contribution in [2.24, 2.45) is 22.8 Å². The Morgan fingerprint density at radius 3 is 1.83 bits per heavy atom. The molecule has 4 atom stereocenters. The number of urea groups is 1. The Morgan fingerprint density at radius 2 is 1.27 bits per heavy atom. The van der Waals surface area contributed by atoms with E-state index in [1.807, 2.05) is 74.5 Å². The van der Waals surface area contributed by atoms with Gasteiger partial charge < -0.3 is 42.5 Å². The molecule has 2 aromatic rings. The number of rotatable bonds is 17. The molecule has 8 N–H and O–H groups in total. The fraction of sp³-hybridized carbons (Fsp3) is 0.564. The Bertz CT molecular complexity index is 1470. The average Bonchev–Trinajstić information content (AvgIpc) is 3.12. The summed E-state index contributed by atoms with van der Waals surface area (Å²) in [5.74, 6) is -1.54. The van der Waals surface area contributed by atoms with Crippen LogP contribution in [0.25, 0.3) is 0 Å². The van der Waals surface area contributed by atoms with E-state index in [1.165, 1.54) is 0 Å². The van der Waals surface area contributed by atoms with Gasteiger partial charge in [-0.1, -0.05) is 74.5 Å². The molecule has 2 aliphatic rings. The van der Waals surface area contributed by atoms with Crippen LogP contribution in [0.2, 0.25) is 0 Å². The number of amides is 6. The maximum absolute atomic E-state index is 14.0. The van der Waals surface area contributed by atoms with Crippen LogP contribution in [0, 0.1) is 11.3 Å². The minimum atomic E-state index is -0.992. The number of hydrogen-bond donors (Lipinski definition) is 6. The molecule has 0 bridgehead atoms. The molecular formula is C39H58N8O5. The predicted octanol–water partition coefficient (Wildman–Crippen LogP) is 1.69. The fourth-order valence-electron chi connectivity index (χ4n) is 7.09. The highest BCUT2D eigenvalue weighted by Crippen LogP contribution is 2.40. The number of nitrogens with two attached hydrogens (primary N) is 2. The molecule has 2 saturated heterocycles. The lowest BCUT2D eigenvalue weighted by Gasteiger charge is -2.54. The molecule has 4 rings (SSSR count). The monoisotopic (exact) mass is 718 g/mol. The van der Waals surface area contributed by atoms with E-state index in [2.05, 4.69) is 21.3 Å². The molecule has 2 aromatic carbocycles. The quantitative estimate of drug-likeness (QED) is 0.134. The number of carbonyl (C=O) groups excluding carboxylic acids is 5. The smallest absolute Gasteiger partial charge is 0.317 e. The number of benzene rings is 2. The van der Waals surface area contributed by atoms with E-state index >= 15 is 0 Å². The second kappa shape index (κ2) is 19.4. The first-order valence-corrected chi connectivity index (χ1v) is 18.6. The molecule has 2 fully saturated rings. The minimum Gasteiger partial charge on any atom is -0.343 e. The number of nitrogens with zero attached hydrogens (tertiary/aromatic N) is 2. The van der Waals surface area contributed by atoms with Gasteiger partial charge in [-0.05, 0) is 68.5 Å². The minimum absolute atomic E-state index is 0.0258. The second-order valence-electron chi connectivity index (χ2n) is 14.8. The third-order valence-corrected chi connectivity index (χ3v) is 10.1. The number of carbonyl (C=O) groups is 5. The first-order valence-electron chi connectivity index (χ1n) is 18.6. The van der Waals surface area contributed by atoms with Crippen LogP contribution < -0.4 is 32.7 Å². The summed E-state index contributed by atoms with van der Waals surface area (Å²) in [6.45, 7) is 6.82. The van der Waals surface area contributed by atoms with E-state index in [0.29, 0.717) is 64.8 Å². The van der Waals surface area contributed by atoms with Gasteiger partial charge in [0.1, 0.15) is 18.1 Å². The van der Waals surface area contributed by atoms with Gasteiger partial charge in [0.25, 0.3) is 0 Å². The van der Waals surface area contributed by atoms with Crippen molar-refractivity contribution < 1.29 is 24.0 Å². The van der Waals surface area contributed by atoms with Gasteiger partial charge in [-0.15, -0.1) is 0 Å². The molecule has 13 heteroatoms. The summed E-state index contributed by atoms with van der Waals surface area (Å²) in [4.78, 5) is 70.7. The van der Waals surface area contributed by atoms with E-state index < -0.39 is 41.9 Å². The van der Waals surface area contributed by atoms with Crippen molar-refractivity contribution >= 4 is 29.7 Å². The summed E-state index contributed by atoms with van der Waals surface area (Å²) in [7, 11) is 1.62. The van der Waals surface area contributed by atoms with Crippen LogP contribution >= 0.6 is 0 Å². The molecule has 2 aliphatic heterocycles. The van der Waals surface area contributed by atoms with Crippen LogP contribution in [0.1, 0.15) is 63.5 Å². The molecule has 2 heterocycles. The van der Waals surface area contributed by atoms with Gasteiger partial charge in [0.2, 0.25) is 23.6 Å². The highest BCUT2D eigenvalue weighted by Gasteiger charge is 2.48. The summed E-state index contributed by atoms with van der Waals surface area (Å²) in [6, 6.07) is 15.1. The first-order chi connectivity index (χ1) is 24.9. The standard InChI is InChI=1S/C39H58N8O5/c1-27(2)22-32(45-36(50)33(24-29-14-8-5-9-15-29)44-34(48)30(41)23-28-12-6-4-7-13-28)35(49)43-31(16-10-11-19-40)37(51)47-25-39(26-47)17-20-46(21-18-39)38(52)42-3/h4-9,12-15,27,30-33H,10-11,16-26,40-41H2,1-3H3,(H,42,52)(H,43,49)(H,44,48)(H,45,50). The maximum Gasteiger partial charge on any atom is 0.317 e. The van der Waals surface area contributed by atoms with Crippen LogP contribution in [0.5, 0.6) is 0 Å². The largest absolute Gasteiger partial charge is 0.343 e. The predicted molar refractivity (Wildman–Crippen MR) is 201 cm³/mol. The molecule has 1 spiro atoms. The highest BCUT2D eigenvalue weighted by atomic mass is 16.2. The van der Waals surface area contributed by atoms with E-state index in [0.717, 1.165) is 24.0 Å². The van der Waals surface area contributed by atoms with Gasteiger partial charge in [0, 0.05) is 45.1 Å². The zero-order valence-electron chi connectivity index (χ0n) is 30.9. The van der Waals surface area contributed by atoms with Crippen molar-refractivity contribution in [3.05, 3.63) is 71.8 Å². The van der Waals surface area contributed by atoms with E-state index in [1.54, 1.807) is 16.8 Å². The molecule has 52 heavy (non-hydrogen) atoms. The van der Waals surface area contributed by atoms with Crippen LogP contribution in [0.4, 0.5) is 4.79 Å². The SMILES string of the molecule is CNC(=O)N1CCC2(CC1)CN(C(=O)C(CCCCN)NC(=O)C(CC(C)C)NC(=O)C(Cc1ccccc1)NC(=O)C(N)Cc1ccccc1)C2. The van der Waals surface area contributed by atoms with Crippen molar-refractivity contribution in [1.29, 1.82) is 0 Å². The Labute approximate surface area is 308 Å². The Kier molecular flexibility index (Phi) is 15.0. The lowest BCUT2D eigenvalue weighted by Crippen LogP contribution is -2.66. The van der Waals surface area contributed by atoms with Gasteiger partial charge in [0.05, 0.1) is 6.04 Å². The number of piperidine rings is 1. The van der Waals surface area contributed by atoms with Crippen molar-refractivity contribution in [1.82, 2.24) is 31.1 Å². The molecule has 284 valence electrons. The third-order valence-electron chi connectivity index (χ3n) is 10.1. The van der Waals surface area contributed by atoms with Gasteiger partial charge >= 0.3 is 6.03 Å². The molecule has 4 unspecified atom stereocenters. The van der Waals surface area contributed by atoms with Crippen LogP contribution in [0.3, 0.4) is 0 Å². The summed E-state index contributed by atoms with van der Waals surface area (Å²) < 4.78 is 0. The van der Waals surface area contributed by atoms with Crippen LogP contribution in [-0.4, -0.2) is 103 Å². The Hall–Kier alpha value is -4.49. The summed E-state index contributed by atoms with van der Waals surface area (Å²) in [5.41, 5.74) is 13.7. The van der Waals surface area contributed by atoms with E-state index in [9.17, 15) is 24.0 Å².